The van der Waals surface area contributed by atoms with E-state index in [1.165, 1.54) is 33.4 Å². The molecular weight excluding hydrogens is 280 g/mol. The van der Waals surface area contributed by atoms with Crippen molar-refractivity contribution in [2.75, 3.05) is 0 Å². The van der Waals surface area contributed by atoms with Crippen LogP contribution in [-0.2, 0) is 0 Å². The summed E-state index contributed by atoms with van der Waals surface area (Å²) < 4.78 is 6.43. The zero-order valence-corrected chi connectivity index (χ0v) is 15.4. The van der Waals surface area contributed by atoms with Crippen molar-refractivity contribution in [3.8, 4) is 5.75 Å². The second-order valence-corrected chi connectivity index (χ2v) is 7.84. The van der Waals surface area contributed by atoms with Crippen molar-refractivity contribution in [3.63, 3.8) is 0 Å². The maximum Gasteiger partial charge on any atom is 0.127 e. The van der Waals surface area contributed by atoms with Gasteiger partial charge in [-0.25, -0.2) is 0 Å². The Kier molecular flexibility index (Phi) is 3.78. The van der Waals surface area contributed by atoms with Crippen LogP contribution in [0.2, 0.25) is 0 Å². The summed E-state index contributed by atoms with van der Waals surface area (Å²) in [6, 6.07) is 11.4. The Labute approximate surface area is 140 Å². The van der Waals surface area contributed by atoms with Crippen molar-refractivity contribution in [2.24, 2.45) is 0 Å². The Bertz CT molecular complexity index is 736. The first-order valence-electron chi connectivity index (χ1n) is 8.62. The molecule has 1 heteroatoms. The molecule has 1 heterocycles. The van der Waals surface area contributed by atoms with E-state index in [2.05, 4.69) is 78.8 Å². The van der Waals surface area contributed by atoms with Gasteiger partial charge in [-0.1, -0.05) is 44.2 Å². The molecule has 1 unspecified atom stereocenters. The van der Waals surface area contributed by atoms with Gasteiger partial charge in [0.05, 0.1) is 5.92 Å². The second kappa shape index (κ2) is 5.40. The van der Waals surface area contributed by atoms with Gasteiger partial charge in [-0.05, 0) is 68.4 Å². The molecule has 2 aromatic rings. The molecule has 0 bridgehead atoms. The molecule has 1 aliphatic rings. The van der Waals surface area contributed by atoms with Gasteiger partial charge >= 0.3 is 0 Å². The van der Waals surface area contributed by atoms with Crippen molar-refractivity contribution in [2.45, 2.75) is 65.9 Å². The summed E-state index contributed by atoms with van der Waals surface area (Å²) in [4.78, 5) is 0. The zero-order valence-electron chi connectivity index (χ0n) is 15.4. The Balaban J connectivity index is 2.15. The predicted molar refractivity (Wildman–Crippen MR) is 97.7 cm³/mol. The summed E-state index contributed by atoms with van der Waals surface area (Å²) in [7, 11) is 0. The summed E-state index contributed by atoms with van der Waals surface area (Å²) in [5.74, 6) is 1.96. The summed E-state index contributed by atoms with van der Waals surface area (Å²) in [6.45, 7) is 15.5. The normalized spacial score (nSPS) is 18.9. The van der Waals surface area contributed by atoms with Gasteiger partial charge in [0.15, 0.2) is 0 Å². The van der Waals surface area contributed by atoms with E-state index >= 15 is 0 Å². The molecular formula is C22H28O. The Morgan fingerprint density at radius 2 is 1.57 bits per heavy atom. The molecule has 1 aliphatic heterocycles. The SMILES string of the molecule is Cc1cc(C)c2c(c1C)OC(C)(C)C2c1ccc(C(C)C)cc1. The van der Waals surface area contributed by atoms with E-state index in [9.17, 15) is 0 Å². The Morgan fingerprint density at radius 1 is 0.957 bits per heavy atom. The first kappa shape index (κ1) is 16.1. The molecule has 2 aromatic carbocycles. The minimum atomic E-state index is -0.217. The lowest BCUT2D eigenvalue weighted by Gasteiger charge is -2.27. The maximum atomic E-state index is 6.43. The molecule has 0 aliphatic carbocycles. The van der Waals surface area contributed by atoms with Crippen LogP contribution < -0.4 is 4.74 Å². The largest absolute Gasteiger partial charge is 0.486 e. The van der Waals surface area contributed by atoms with Gasteiger partial charge in [0.2, 0.25) is 0 Å². The van der Waals surface area contributed by atoms with Crippen LogP contribution in [-0.4, -0.2) is 5.60 Å². The van der Waals surface area contributed by atoms with Gasteiger partial charge in [0.1, 0.15) is 11.4 Å². The zero-order chi connectivity index (χ0) is 16.9. The van der Waals surface area contributed by atoms with E-state index in [1.807, 2.05) is 0 Å². The van der Waals surface area contributed by atoms with Crippen molar-refractivity contribution in [3.05, 3.63) is 63.7 Å². The molecule has 0 radical (unpaired) electrons. The summed E-state index contributed by atoms with van der Waals surface area (Å²) in [5.41, 5.74) is 7.83. The third kappa shape index (κ3) is 2.56. The van der Waals surface area contributed by atoms with Crippen LogP contribution in [0.3, 0.4) is 0 Å². The highest BCUT2D eigenvalue weighted by Gasteiger charge is 2.43. The van der Waals surface area contributed by atoms with E-state index in [0.717, 1.165) is 5.75 Å². The molecule has 122 valence electrons. The van der Waals surface area contributed by atoms with E-state index in [-0.39, 0.29) is 11.5 Å². The van der Waals surface area contributed by atoms with E-state index in [1.54, 1.807) is 0 Å². The number of hydrogen-bond acceptors (Lipinski definition) is 1. The lowest BCUT2D eigenvalue weighted by molar-refractivity contribution is 0.121. The van der Waals surface area contributed by atoms with E-state index in [4.69, 9.17) is 4.74 Å². The van der Waals surface area contributed by atoms with Crippen LogP contribution in [0.4, 0.5) is 0 Å². The standard InChI is InChI=1S/C22H28O/c1-13(2)17-8-10-18(11-9-17)20-19-15(4)12-14(3)16(5)21(19)23-22(20,6)7/h8-13,20H,1-7H3. The summed E-state index contributed by atoms with van der Waals surface area (Å²) in [5, 5.41) is 0. The molecule has 23 heavy (non-hydrogen) atoms. The Morgan fingerprint density at radius 3 is 2.13 bits per heavy atom. The summed E-state index contributed by atoms with van der Waals surface area (Å²) in [6.07, 6.45) is 0. The van der Waals surface area contributed by atoms with E-state index in [0.29, 0.717) is 5.92 Å². The van der Waals surface area contributed by atoms with Gasteiger partial charge in [-0.3, -0.25) is 0 Å². The van der Waals surface area contributed by atoms with Gasteiger partial charge in [-0.2, -0.15) is 0 Å². The predicted octanol–water partition coefficient (Wildman–Crippen LogP) is 6.04. The quantitative estimate of drug-likeness (QED) is 0.657. The Hall–Kier alpha value is -1.76. The van der Waals surface area contributed by atoms with Gasteiger partial charge in [0.25, 0.3) is 0 Å². The van der Waals surface area contributed by atoms with Crippen LogP contribution in [0.5, 0.6) is 5.75 Å². The number of hydrogen-bond donors (Lipinski definition) is 0. The van der Waals surface area contributed by atoms with E-state index < -0.39 is 0 Å². The van der Waals surface area contributed by atoms with Crippen molar-refractivity contribution in [1.29, 1.82) is 0 Å². The highest BCUT2D eigenvalue weighted by Crippen LogP contribution is 2.51. The van der Waals surface area contributed by atoms with Crippen LogP contribution in [0.15, 0.2) is 30.3 Å². The van der Waals surface area contributed by atoms with Gasteiger partial charge in [-0.15, -0.1) is 0 Å². The second-order valence-electron chi connectivity index (χ2n) is 7.84. The van der Waals surface area contributed by atoms with Crippen LogP contribution in [0.1, 0.15) is 72.9 Å². The molecule has 0 spiro atoms. The van der Waals surface area contributed by atoms with Gasteiger partial charge in [0, 0.05) is 5.56 Å². The third-order valence-electron chi connectivity index (χ3n) is 5.32. The fourth-order valence-corrected chi connectivity index (χ4v) is 3.87. The van der Waals surface area contributed by atoms with Crippen LogP contribution >= 0.6 is 0 Å². The van der Waals surface area contributed by atoms with Crippen molar-refractivity contribution >= 4 is 0 Å². The highest BCUT2D eigenvalue weighted by molar-refractivity contribution is 5.58. The number of fused-ring (bicyclic) bond motifs is 1. The fourth-order valence-electron chi connectivity index (χ4n) is 3.87. The minimum Gasteiger partial charge on any atom is -0.486 e. The van der Waals surface area contributed by atoms with Gasteiger partial charge < -0.3 is 4.74 Å². The van der Waals surface area contributed by atoms with Crippen LogP contribution in [0.25, 0.3) is 0 Å². The summed E-state index contributed by atoms with van der Waals surface area (Å²) >= 11 is 0. The molecule has 0 fully saturated rings. The van der Waals surface area contributed by atoms with Crippen molar-refractivity contribution < 1.29 is 4.74 Å². The smallest absolute Gasteiger partial charge is 0.127 e. The number of rotatable bonds is 2. The van der Waals surface area contributed by atoms with Crippen LogP contribution in [0, 0.1) is 20.8 Å². The first-order valence-corrected chi connectivity index (χ1v) is 8.62. The first-order chi connectivity index (χ1) is 10.7. The molecule has 1 atom stereocenters. The molecule has 0 aromatic heterocycles. The molecule has 0 saturated heterocycles. The monoisotopic (exact) mass is 308 g/mol. The topological polar surface area (TPSA) is 9.23 Å². The molecule has 0 saturated carbocycles. The number of aryl methyl sites for hydroxylation is 2. The fraction of sp³-hybridized carbons (Fsp3) is 0.455. The lowest BCUT2D eigenvalue weighted by Crippen LogP contribution is -2.31. The molecule has 1 nitrogen and oxygen atoms in total. The minimum absolute atomic E-state index is 0.217. The highest BCUT2D eigenvalue weighted by atomic mass is 16.5. The number of benzene rings is 2. The molecule has 3 rings (SSSR count). The maximum absolute atomic E-state index is 6.43. The third-order valence-corrected chi connectivity index (χ3v) is 5.32. The average Bonchev–Trinajstić information content (AvgIpc) is 2.77. The molecule has 0 N–H and O–H groups in total. The number of ether oxygens (including phenoxy) is 1. The van der Waals surface area contributed by atoms with Crippen molar-refractivity contribution in [1.82, 2.24) is 0 Å². The average molecular weight is 308 g/mol. The molecule has 0 amide bonds. The lowest BCUT2D eigenvalue weighted by atomic mass is 9.78.